The number of likely N-dealkylation sites (tertiary alicyclic amines) is 1. The molecule has 1 aromatic rings. The van der Waals surface area contributed by atoms with E-state index in [1.807, 2.05) is 6.07 Å². The quantitative estimate of drug-likeness (QED) is 0.894. The Bertz CT molecular complexity index is 410. The number of carbonyl (C=O) groups excluding carboxylic acids is 1. The smallest absolute Gasteiger partial charge is 0.223 e. The van der Waals surface area contributed by atoms with Crippen LogP contribution in [0.3, 0.4) is 0 Å². The number of benzene rings is 1. The minimum Gasteiger partial charge on any atom is -0.353 e. The summed E-state index contributed by atoms with van der Waals surface area (Å²) in [4.78, 5) is 14.5. The molecule has 1 aromatic carbocycles. The summed E-state index contributed by atoms with van der Waals surface area (Å²) in [6, 6.07) is 10.7. The van der Waals surface area contributed by atoms with Gasteiger partial charge in [0.15, 0.2) is 0 Å². The van der Waals surface area contributed by atoms with Crippen LogP contribution in [-0.4, -0.2) is 37.0 Å². The molecule has 0 spiro atoms. The number of hydrogen-bond donors (Lipinski definition) is 1. The van der Waals surface area contributed by atoms with Gasteiger partial charge in [0.05, 0.1) is 0 Å². The van der Waals surface area contributed by atoms with Crippen molar-refractivity contribution in [1.82, 2.24) is 10.2 Å². The third-order valence-corrected chi connectivity index (χ3v) is 4.19. The van der Waals surface area contributed by atoms with E-state index in [-0.39, 0.29) is 17.9 Å². The lowest BCUT2D eigenvalue weighted by Crippen LogP contribution is -2.42. The lowest BCUT2D eigenvalue weighted by atomic mass is 9.95. The van der Waals surface area contributed by atoms with Gasteiger partial charge in [-0.3, -0.25) is 4.79 Å². The van der Waals surface area contributed by atoms with Gasteiger partial charge >= 0.3 is 0 Å². The highest BCUT2D eigenvalue weighted by Gasteiger charge is 2.23. The molecule has 0 unspecified atom stereocenters. The fraction of sp³-hybridized carbons (Fsp3) is 0.588. The second-order valence-corrected chi connectivity index (χ2v) is 6.01. The summed E-state index contributed by atoms with van der Waals surface area (Å²) in [5.74, 6) is 0.462. The lowest BCUT2D eigenvalue weighted by Gasteiger charge is -2.29. The largest absolute Gasteiger partial charge is 0.353 e. The van der Waals surface area contributed by atoms with Crippen LogP contribution in [-0.2, 0) is 11.2 Å². The van der Waals surface area contributed by atoms with Crippen molar-refractivity contribution >= 4 is 5.91 Å². The van der Waals surface area contributed by atoms with Crippen molar-refractivity contribution < 1.29 is 4.79 Å². The lowest BCUT2D eigenvalue weighted by molar-refractivity contribution is -0.127. The molecule has 3 heteroatoms. The van der Waals surface area contributed by atoms with Crippen LogP contribution in [0.4, 0.5) is 0 Å². The molecule has 0 aromatic heterocycles. The zero-order chi connectivity index (χ0) is 14.4. The molecule has 0 radical (unpaired) electrons. The number of rotatable bonds is 5. The van der Waals surface area contributed by atoms with Crippen LogP contribution in [0.15, 0.2) is 30.3 Å². The van der Waals surface area contributed by atoms with Crippen LogP contribution < -0.4 is 5.32 Å². The number of aryl methyl sites for hydroxylation is 1. The van der Waals surface area contributed by atoms with Crippen LogP contribution in [0.5, 0.6) is 0 Å². The van der Waals surface area contributed by atoms with E-state index < -0.39 is 0 Å². The Morgan fingerprint density at radius 1 is 1.30 bits per heavy atom. The van der Waals surface area contributed by atoms with Crippen molar-refractivity contribution in [2.45, 2.75) is 38.6 Å². The highest BCUT2D eigenvalue weighted by Crippen LogP contribution is 2.16. The molecule has 3 nitrogen and oxygen atoms in total. The van der Waals surface area contributed by atoms with Gasteiger partial charge in [0.25, 0.3) is 0 Å². The van der Waals surface area contributed by atoms with Crippen molar-refractivity contribution in [3.8, 4) is 0 Å². The molecular weight excluding hydrogens is 248 g/mol. The van der Waals surface area contributed by atoms with E-state index in [4.69, 9.17) is 0 Å². The molecule has 0 saturated carbocycles. The molecule has 1 fully saturated rings. The van der Waals surface area contributed by atoms with Gasteiger partial charge in [-0.2, -0.15) is 0 Å². The molecule has 1 atom stereocenters. The highest BCUT2D eigenvalue weighted by atomic mass is 16.1. The Balaban J connectivity index is 1.71. The number of piperidine rings is 1. The van der Waals surface area contributed by atoms with Crippen molar-refractivity contribution in [1.29, 1.82) is 0 Å². The molecule has 1 N–H and O–H groups in total. The van der Waals surface area contributed by atoms with Crippen LogP contribution >= 0.6 is 0 Å². The van der Waals surface area contributed by atoms with E-state index in [1.54, 1.807) is 0 Å². The molecular formula is C17H26N2O. The Labute approximate surface area is 122 Å². The van der Waals surface area contributed by atoms with E-state index in [0.29, 0.717) is 0 Å². The van der Waals surface area contributed by atoms with Crippen LogP contribution in [0, 0.1) is 5.92 Å². The summed E-state index contributed by atoms with van der Waals surface area (Å²) in [7, 11) is 2.12. The molecule has 0 bridgehead atoms. The zero-order valence-electron chi connectivity index (χ0n) is 12.6. The predicted octanol–water partition coefficient (Wildman–Crippen LogP) is 2.47. The standard InChI is InChI=1S/C17H26N2O/c1-14(8-9-15-6-4-3-5-7-15)18-17(20)16-10-12-19(2)13-11-16/h3-7,14,16H,8-13H2,1-2H3,(H,18,20)/t14-/m1/s1. The van der Waals surface area contributed by atoms with Gasteiger partial charge in [-0.15, -0.1) is 0 Å². The molecule has 2 rings (SSSR count). The minimum atomic E-state index is 0.213. The minimum absolute atomic E-state index is 0.213. The summed E-state index contributed by atoms with van der Waals surface area (Å²) in [6.07, 6.45) is 4.01. The highest BCUT2D eigenvalue weighted by molar-refractivity contribution is 5.79. The maximum atomic E-state index is 12.2. The number of carbonyl (C=O) groups is 1. The summed E-state index contributed by atoms with van der Waals surface area (Å²) < 4.78 is 0. The van der Waals surface area contributed by atoms with Crippen molar-refractivity contribution in [3.63, 3.8) is 0 Å². The van der Waals surface area contributed by atoms with E-state index in [0.717, 1.165) is 38.8 Å². The first-order valence-corrected chi connectivity index (χ1v) is 7.68. The average Bonchev–Trinajstić information content (AvgIpc) is 2.47. The number of nitrogens with zero attached hydrogens (tertiary/aromatic N) is 1. The number of amides is 1. The summed E-state index contributed by atoms with van der Waals surface area (Å²) >= 11 is 0. The predicted molar refractivity (Wildman–Crippen MR) is 82.6 cm³/mol. The van der Waals surface area contributed by atoms with Gasteiger partial charge in [-0.25, -0.2) is 0 Å². The summed E-state index contributed by atoms with van der Waals surface area (Å²) in [5, 5.41) is 3.18. The Kier molecular flexibility index (Phi) is 5.60. The second-order valence-electron chi connectivity index (χ2n) is 6.01. The van der Waals surface area contributed by atoms with Gasteiger partial charge in [-0.05, 0) is 58.3 Å². The third kappa shape index (κ3) is 4.64. The number of nitrogens with one attached hydrogen (secondary N) is 1. The maximum Gasteiger partial charge on any atom is 0.223 e. The molecule has 1 aliphatic rings. The van der Waals surface area contributed by atoms with E-state index in [9.17, 15) is 4.79 Å². The van der Waals surface area contributed by atoms with Gasteiger partial charge in [-0.1, -0.05) is 30.3 Å². The van der Waals surface area contributed by atoms with E-state index >= 15 is 0 Å². The van der Waals surface area contributed by atoms with Crippen LogP contribution in [0.25, 0.3) is 0 Å². The summed E-state index contributed by atoms with van der Waals surface area (Å²) in [6.45, 7) is 4.18. The molecule has 1 saturated heterocycles. The van der Waals surface area contributed by atoms with Crippen LogP contribution in [0.2, 0.25) is 0 Å². The molecule has 1 heterocycles. The fourth-order valence-corrected chi connectivity index (χ4v) is 2.73. The van der Waals surface area contributed by atoms with Gasteiger partial charge in [0, 0.05) is 12.0 Å². The SMILES string of the molecule is C[C@H](CCc1ccccc1)NC(=O)C1CCN(C)CC1. The first-order chi connectivity index (χ1) is 9.65. The molecule has 0 aliphatic carbocycles. The Morgan fingerprint density at radius 3 is 2.60 bits per heavy atom. The Hall–Kier alpha value is -1.35. The van der Waals surface area contributed by atoms with E-state index in [2.05, 4.69) is 48.5 Å². The number of hydrogen-bond acceptors (Lipinski definition) is 2. The van der Waals surface area contributed by atoms with Crippen molar-refractivity contribution in [3.05, 3.63) is 35.9 Å². The van der Waals surface area contributed by atoms with Crippen molar-refractivity contribution in [2.24, 2.45) is 5.92 Å². The Morgan fingerprint density at radius 2 is 1.95 bits per heavy atom. The normalized spacial score (nSPS) is 18.7. The topological polar surface area (TPSA) is 32.3 Å². The molecule has 20 heavy (non-hydrogen) atoms. The molecule has 110 valence electrons. The van der Waals surface area contributed by atoms with Gasteiger partial charge in [0.1, 0.15) is 0 Å². The maximum absolute atomic E-state index is 12.2. The van der Waals surface area contributed by atoms with Gasteiger partial charge in [0.2, 0.25) is 5.91 Å². The zero-order valence-corrected chi connectivity index (χ0v) is 12.6. The first kappa shape index (κ1) is 15.0. The van der Waals surface area contributed by atoms with Crippen LogP contribution in [0.1, 0.15) is 31.7 Å². The third-order valence-electron chi connectivity index (χ3n) is 4.19. The molecule has 1 aliphatic heterocycles. The fourth-order valence-electron chi connectivity index (χ4n) is 2.73. The van der Waals surface area contributed by atoms with E-state index in [1.165, 1.54) is 5.56 Å². The van der Waals surface area contributed by atoms with Gasteiger partial charge < -0.3 is 10.2 Å². The average molecular weight is 274 g/mol. The van der Waals surface area contributed by atoms with Crippen molar-refractivity contribution in [2.75, 3.05) is 20.1 Å². The summed E-state index contributed by atoms with van der Waals surface area (Å²) in [5.41, 5.74) is 1.34. The monoisotopic (exact) mass is 274 g/mol. The second kappa shape index (κ2) is 7.44. The molecule has 1 amide bonds. The first-order valence-electron chi connectivity index (χ1n) is 7.68.